The van der Waals surface area contributed by atoms with Crippen molar-refractivity contribution in [3.8, 4) is 11.8 Å². The van der Waals surface area contributed by atoms with Crippen LogP contribution in [-0.2, 0) is 13.1 Å². The number of carbonyl (C=O) groups excluding carboxylic acids is 1. The number of anilines is 3. The summed E-state index contributed by atoms with van der Waals surface area (Å²) >= 11 is 0. The van der Waals surface area contributed by atoms with Crippen LogP contribution in [0.15, 0.2) is 61.2 Å². The van der Waals surface area contributed by atoms with Gasteiger partial charge in [0.2, 0.25) is 5.95 Å². The fourth-order valence-corrected chi connectivity index (χ4v) is 5.41. The largest absolute Gasteiger partial charge is 0.322 e. The normalized spacial score (nSPS) is 15.3. The Bertz CT molecular complexity index is 1610. The zero-order valence-corrected chi connectivity index (χ0v) is 25.7. The summed E-state index contributed by atoms with van der Waals surface area (Å²) in [6, 6.07) is 11.8. The second-order valence-electron chi connectivity index (χ2n) is 11.4. The number of likely N-dealkylation sites (tertiary alicyclic amines) is 1. The maximum absolute atomic E-state index is 13.2. The first kappa shape index (κ1) is 30.0. The van der Waals surface area contributed by atoms with Gasteiger partial charge in [-0.2, -0.15) is 5.10 Å². The summed E-state index contributed by atoms with van der Waals surface area (Å²) in [7, 11) is 0. The molecule has 1 saturated heterocycles. The number of aryl methyl sites for hydroxylation is 3. The van der Waals surface area contributed by atoms with Gasteiger partial charge in [0, 0.05) is 48.5 Å². The van der Waals surface area contributed by atoms with Gasteiger partial charge >= 0.3 is 0 Å². The lowest BCUT2D eigenvalue weighted by Crippen LogP contribution is -2.24. The number of aromatic nitrogens is 4. The number of hydrogen-bond acceptors (Lipinski definition) is 6. The Morgan fingerprint density at radius 2 is 1.79 bits per heavy atom. The quantitative estimate of drug-likeness (QED) is 0.227. The van der Waals surface area contributed by atoms with Gasteiger partial charge in [-0.15, -0.1) is 0 Å². The number of rotatable bonds is 8. The van der Waals surface area contributed by atoms with Crippen LogP contribution in [0.1, 0.15) is 77.7 Å². The van der Waals surface area contributed by atoms with Crippen molar-refractivity contribution < 1.29 is 4.79 Å². The van der Waals surface area contributed by atoms with E-state index in [1.54, 1.807) is 18.6 Å². The van der Waals surface area contributed by atoms with Crippen LogP contribution in [0.5, 0.6) is 0 Å². The molecule has 1 fully saturated rings. The van der Waals surface area contributed by atoms with Gasteiger partial charge in [0.25, 0.3) is 5.91 Å². The Morgan fingerprint density at radius 1 is 0.953 bits per heavy atom. The number of benzene rings is 2. The molecule has 222 valence electrons. The molecule has 1 unspecified atom stereocenters. The van der Waals surface area contributed by atoms with Gasteiger partial charge in [-0.05, 0) is 100.0 Å². The first-order valence-corrected chi connectivity index (χ1v) is 15.3. The highest BCUT2D eigenvalue weighted by molar-refractivity contribution is 6.04. The van der Waals surface area contributed by atoms with Gasteiger partial charge in [0.1, 0.15) is 0 Å². The molecule has 1 aliphatic rings. The van der Waals surface area contributed by atoms with Crippen LogP contribution in [-0.4, -0.2) is 43.6 Å². The second kappa shape index (κ2) is 14.1. The Hall–Kier alpha value is -4.48. The molecule has 0 bridgehead atoms. The van der Waals surface area contributed by atoms with Gasteiger partial charge in [0.15, 0.2) is 0 Å². The lowest BCUT2D eigenvalue weighted by Gasteiger charge is -2.21. The highest BCUT2D eigenvalue weighted by atomic mass is 16.1. The van der Waals surface area contributed by atoms with Crippen LogP contribution in [0.2, 0.25) is 0 Å². The molecule has 3 heterocycles. The van der Waals surface area contributed by atoms with E-state index in [-0.39, 0.29) is 5.91 Å². The van der Waals surface area contributed by atoms with E-state index >= 15 is 0 Å². The summed E-state index contributed by atoms with van der Waals surface area (Å²) in [4.78, 5) is 24.5. The molecule has 1 amide bonds. The molecule has 2 N–H and O–H groups in total. The van der Waals surface area contributed by atoms with E-state index in [9.17, 15) is 4.79 Å². The molecule has 2 aromatic carbocycles. The molecule has 0 aliphatic carbocycles. The standard InChI is InChI=1S/C35H41N7O/c1-5-27-8-7-16-41(17-15-27)23-31-13-14-32(18-26(31)4)39-34(43)30-11-9-25(3)29(19-30)12-10-28-20-36-35(37-21-28)40-33-22-38-42(6-2)24-33/h9,11,13-14,18-22,24,27H,5-8,15-17,23H2,1-4H3,(H,39,43)(H,36,37,40). The van der Waals surface area contributed by atoms with Gasteiger partial charge < -0.3 is 10.6 Å². The number of nitrogens with zero attached hydrogens (tertiary/aromatic N) is 5. The zero-order valence-electron chi connectivity index (χ0n) is 25.7. The van der Waals surface area contributed by atoms with Gasteiger partial charge in [-0.25, -0.2) is 9.97 Å². The lowest BCUT2D eigenvalue weighted by atomic mass is 9.98. The molecule has 4 aromatic rings. The Labute approximate surface area is 255 Å². The third kappa shape index (κ3) is 8.08. The first-order chi connectivity index (χ1) is 20.9. The zero-order chi connectivity index (χ0) is 30.2. The van der Waals surface area contributed by atoms with Crippen molar-refractivity contribution >= 4 is 23.2 Å². The first-order valence-electron chi connectivity index (χ1n) is 15.3. The lowest BCUT2D eigenvalue weighted by molar-refractivity contribution is 0.102. The average Bonchev–Trinajstić information content (AvgIpc) is 3.35. The third-order valence-corrected chi connectivity index (χ3v) is 8.22. The maximum atomic E-state index is 13.2. The predicted molar refractivity (Wildman–Crippen MR) is 172 cm³/mol. The second-order valence-corrected chi connectivity index (χ2v) is 11.4. The minimum Gasteiger partial charge on any atom is -0.322 e. The molecule has 1 aliphatic heterocycles. The molecule has 0 spiro atoms. The fraction of sp³-hybridized carbons (Fsp3) is 0.371. The Morgan fingerprint density at radius 3 is 2.53 bits per heavy atom. The highest BCUT2D eigenvalue weighted by Crippen LogP contribution is 2.23. The van der Waals surface area contributed by atoms with Crippen LogP contribution < -0.4 is 10.6 Å². The minimum atomic E-state index is -0.154. The molecule has 5 rings (SSSR count). The van der Waals surface area contributed by atoms with Crippen molar-refractivity contribution in [1.82, 2.24) is 24.6 Å². The molecular formula is C35H41N7O. The summed E-state index contributed by atoms with van der Waals surface area (Å²) in [5, 5.41) is 10.5. The molecule has 1 atom stereocenters. The smallest absolute Gasteiger partial charge is 0.255 e. The summed E-state index contributed by atoms with van der Waals surface area (Å²) in [6.45, 7) is 12.5. The number of nitrogens with one attached hydrogen (secondary N) is 2. The Balaban J connectivity index is 1.21. The monoisotopic (exact) mass is 575 g/mol. The van der Waals surface area contributed by atoms with E-state index in [1.807, 2.05) is 49.0 Å². The van der Waals surface area contributed by atoms with Crippen molar-refractivity contribution in [2.24, 2.45) is 5.92 Å². The molecular weight excluding hydrogens is 534 g/mol. The van der Waals surface area contributed by atoms with Crippen LogP contribution in [0, 0.1) is 31.6 Å². The molecule has 43 heavy (non-hydrogen) atoms. The van der Waals surface area contributed by atoms with E-state index in [4.69, 9.17) is 0 Å². The average molecular weight is 576 g/mol. The summed E-state index contributed by atoms with van der Waals surface area (Å²) in [5.74, 6) is 7.50. The van der Waals surface area contributed by atoms with E-state index in [0.717, 1.165) is 54.6 Å². The summed E-state index contributed by atoms with van der Waals surface area (Å²) in [5.41, 5.74) is 7.18. The van der Waals surface area contributed by atoms with E-state index in [0.29, 0.717) is 17.1 Å². The molecule has 8 heteroatoms. The van der Waals surface area contributed by atoms with Gasteiger partial charge in [-0.3, -0.25) is 14.4 Å². The SMILES string of the molecule is CCC1CCCN(Cc2ccc(NC(=O)c3ccc(C)c(C#Cc4cnc(Nc5cnn(CC)c5)nc4)c3)cc2C)CC1. The van der Waals surface area contributed by atoms with Gasteiger partial charge in [-0.1, -0.05) is 37.3 Å². The van der Waals surface area contributed by atoms with Crippen LogP contribution >= 0.6 is 0 Å². The maximum Gasteiger partial charge on any atom is 0.255 e. The van der Waals surface area contributed by atoms with Crippen molar-refractivity contribution in [3.63, 3.8) is 0 Å². The topological polar surface area (TPSA) is 88.0 Å². The number of carbonyl (C=O) groups is 1. The highest BCUT2D eigenvalue weighted by Gasteiger charge is 2.17. The van der Waals surface area contributed by atoms with Crippen molar-refractivity contribution in [2.45, 2.75) is 66.5 Å². The van der Waals surface area contributed by atoms with E-state index < -0.39 is 0 Å². The van der Waals surface area contributed by atoms with Gasteiger partial charge in [0.05, 0.1) is 17.4 Å². The summed E-state index contributed by atoms with van der Waals surface area (Å²) < 4.78 is 1.83. The van der Waals surface area contributed by atoms with E-state index in [1.165, 1.54) is 36.8 Å². The van der Waals surface area contributed by atoms with Crippen LogP contribution in [0.4, 0.5) is 17.3 Å². The Kier molecular flexibility index (Phi) is 9.85. The third-order valence-electron chi connectivity index (χ3n) is 8.22. The molecule has 2 aromatic heterocycles. The molecule has 0 radical (unpaired) electrons. The summed E-state index contributed by atoms with van der Waals surface area (Å²) in [6.07, 6.45) is 12.2. The fourth-order valence-electron chi connectivity index (χ4n) is 5.41. The predicted octanol–water partition coefficient (Wildman–Crippen LogP) is 6.72. The van der Waals surface area contributed by atoms with Crippen LogP contribution in [0.3, 0.4) is 0 Å². The number of amides is 1. The number of hydrogen-bond donors (Lipinski definition) is 2. The molecule has 0 saturated carbocycles. The van der Waals surface area contributed by atoms with Crippen LogP contribution in [0.25, 0.3) is 0 Å². The van der Waals surface area contributed by atoms with Crippen molar-refractivity contribution in [3.05, 3.63) is 94.6 Å². The minimum absolute atomic E-state index is 0.154. The van der Waals surface area contributed by atoms with Crippen molar-refractivity contribution in [2.75, 3.05) is 23.7 Å². The molecule has 8 nitrogen and oxygen atoms in total. The van der Waals surface area contributed by atoms with E-state index in [2.05, 4.69) is 68.4 Å². The van der Waals surface area contributed by atoms with Crippen molar-refractivity contribution in [1.29, 1.82) is 0 Å².